The average Bonchev–Trinajstić information content (AvgIpc) is 3.31. The Morgan fingerprint density at radius 2 is 2.04 bits per heavy atom. The maximum Gasteiger partial charge on any atom is 0.233 e. The normalized spacial score (nSPS) is 15.3. The van der Waals surface area contributed by atoms with Crippen LogP contribution in [0.1, 0.15) is 25.3 Å². The molecule has 4 rings (SSSR count). The van der Waals surface area contributed by atoms with Crippen molar-refractivity contribution in [2.75, 3.05) is 0 Å². The van der Waals surface area contributed by atoms with Gasteiger partial charge in [-0.05, 0) is 32.3 Å². The second kappa shape index (κ2) is 6.77. The van der Waals surface area contributed by atoms with Crippen LogP contribution in [-0.2, 0) is 4.79 Å². The van der Waals surface area contributed by atoms with E-state index in [2.05, 4.69) is 51.9 Å². The summed E-state index contributed by atoms with van der Waals surface area (Å²) in [4.78, 5) is 22.1. The molecule has 0 unspecified atom stereocenters. The predicted molar refractivity (Wildman–Crippen MR) is 104 cm³/mol. The first-order chi connectivity index (χ1) is 12.1. The quantitative estimate of drug-likeness (QED) is 0.534. The van der Waals surface area contributed by atoms with Crippen molar-refractivity contribution in [1.29, 1.82) is 0 Å². The lowest BCUT2D eigenvalue weighted by Gasteiger charge is -2.12. The molecule has 25 heavy (non-hydrogen) atoms. The molecule has 2 aromatic heterocycles. The van der Waals surface area contributed by atoms with Crippen LogP contribution >= 0.6 is 23.1 Å². The van der Waals surface area contributed by atoms with Gasteiger partial charge in [-0.3, -0.25) is 4.79 Å². The van der Waals surface area contributed by atoms with Crippen molar-refractivity contribution < 1.29 is 4.79 Å². The van der Waals surface area contributed by atoms with Gasteiger partial charge in [-0.25, -0.2) is 9.97 Å². The van der Waals surface area contributed by atoms with Crippen molar-refractivity contribution in [3.63, 3.8) is 0 Å². The van der Waals surface area contributed by atoms with Crippen LogP contribution in [0.3, 0.4) is 0 Å². The number of benzene rings is 1. The number of carbonyl (C=O) groups excluding carboxylic acids is 1. The van der Waals surface area contributed by atoms with E-state index < -0.39 is 0 Å². The van der Waals surface area contributed by atoms with Gasteiger partial charge in [-0.1, -0.05) is 41.6 Å². The molecular weight excluding hydrogens is 350 g/mol. The number of hydrogen-bond acceptors (Lipinski definition) is 5. The fraction of sp³-hybridized carbons (Fsp3) is 0.316. The molecule has 128 valence electrons. The highest BCUT2D eigenvalue weighted by molar-refractivity contribution is 8.00. The van der Waals surface area contributed by atoms with Crippen LogP contribution in [-0.4, -0.2) is 27.2 Å². The summed E-state index contributed by atoms with van der Waals surface area (Å²) >= 11 is 3.13. The second-order valence-electron chi connectivity index (χ2n) is 6.42. The molecule has 6 heteroatoms. The standard InChI is InChI=1S/C19H19N3OS2/c1-11-3-5-13(6-4-11)15-9-24-18-16(15)19(21-10-20-18)25-12(2)17(23)22-14-7-8-14/h3-6,9-10,12,14H,7-8H2,1-2H3,(H,22,23)/t12-/m0/s1. The van der Waals surface area contributed by atoms with Crippen molar-refractivity contribution in [2.45, 2.75) is 43.0 Å². The minimum absolute atomic E-state index is 0.0892. The van der Waals surface area contributed by atoms with Gasteiger partial charge in [-0.15, -0.1) is 11.3 Å². The van der Waals surface area contributed by atoms with E-state index in [0.717, 1.165) is 39.2 Å². The number of hydrogen-bond donors (Lipinski definition) is 1. The SMILES string of the molecule is Cc1ccc(-c2csc3ncnc(S[C@@H](C)C(=O)NC4CC4)c23)cc1. The van der Waals surface area contributed by atoms with Crippen LogP contribution < -0.4 is 5.32 Å². The third-order valence-electron chi connectivity index (χ3n) is 4.28. The minimum Gasteiger partial charge on any atom is -0.352 e. The minimum atomic E-state index is -0.176. The van der Waals surface area contributed by atoms with E-state index in [-0.39, 0.29) is 11.2 Å². The Balaban J connectivity index is 1.67. The van der Waals surface area contributed by atoms with E-state index in [1.54, 1.807) is 17.7 Å². The van der Waals surface area contributed by atoms with Crippen molar-refractivity contribution in [3.8, 4) is 11.1 Å². The molecule has 1 N–H and O–H groups in total. The smallest absolute Gasteiger partial charge is 0.233 e. The van der Waals surface area contributed by atoms with E-state index in [1.807, 2.05) is 6.92 Å². The largest absolute Gasteiger partial charge is 0.352 e. The number of fused-ring (bicyclic) bond motifs is 1. The Morgan fingerprint density at radius 1 is 1.28 bits per heavy atom. The van der Waals surface area contributed by atoms with Gasteiger partial charge in [0.1, 0.15) is 16.2 Å². The summed E-state index contributed by atoms with van der Waals surface area (Å²) in [7, 11) is 0. The van der Waals surface area contributed by atoms with Gasteiger partial charge in [-0.2, -0.15) is 0 Å². The molecule has 1 atom stereocenters. The van der Waals surface area contributed by atoms with Crippen LogP contribution in [0.4, 0.5) is 0 Å². The summed E-state index contributed by atoms with van der Waals surface area (Å²) in [6.45, 7) is 4.02. The van der Waals surface area contributed by atoms with Crippen LogP contribution in [0.5, 0.6) is 0 Å². The maximum atomic E-state index is 12.3. The number of aromatic nitrogens is 2. The van der Waals surface area contributed by atoms with Crippen molar-refractivity contribution in [3.05, 3.63) is 41.5 Å². The summed E-state index contributed by atoms with van der Waals surface area (Å²) in [6, 6.07) is 8.86. The highest BCUT2D eigenvalue weighted by Gasteiger charge is 2.27. The van der Waals surface area contributed by atoms with Crippen LogP contribution in [0.2, 0.25) is 0 Å². The molecule has 2 heterocycles. The lowest BCUT2D eigenvalue weighted by Crippen LogP contribution is -2.32. The number of aryl methyl sites for hydroxylation is 1. The van der Waals surface area contributed by atoms with E-state index in [1.165, 1.54) is 17.3 Å². The first kappa shape index (κ1) is 16.5. The molecule has 0 saturated heterocycles. The van der Waals surface area contributed by atoms with Crippen LogP contribution in [0.25, 0.3) is 21.3 Å². The molecule has 0 aliphatic heterocycles. The number of carbonyl (C=O) groups is 1. The topological polar surface area (TPSA) is 54.9 Å². The number of thiophene rings is 1. The number of nitrogens with zero attached hydrogens (tertiary/aromatic N) is 2. The monoisotopic (exact) mass is 369 g/mol. The van der Waals surface area contributed by atoms with Crippen molar-refractivity contribution >= 4 is 39.2 Å². The van der Waals surface area contributed by atoms with Gasteiger partial charge in [0.15, 0.2) is 0 Å². The Kier molecular flexibility index (Phi) is 4.48. The van der Waals surface area contributed by atoms with Gasteiger partial charge >= 0.3 is 0 Å². The summed E-state index contributed by atoms with van der Waals surface area (Å²) in [5.74, 6) is 0.0892. The van der Waals surface area contributed by atoms with E-state index in [9.17, 15) is 4.79 Å². The molecule has 0 bridgehead atoms. The first-order valence-electron chi connectivity index (χ1n) is 8.38. The fourth-order valence-corrected chi connectivity index (χ4v) is 4.57. The molecule has 4 nitrogen and oxygen atoms in total. The third-order valence-corrected chi connectivity index (χ3v) is 6.27. The molecule has 0 spiro atoms. The summed E-state index contributed by atoms with van der Waals surface area (Å²) < 4.78 is 0. The summed E-state index contributed by atoms with van der Waals surface area (Å²) in [5.41, 5.74) is 3.53. The Bertz CT molecular complexity index is 916. The highest BCUT2D eigenvalue weighted by atomic mass is 32.2. The number of nitrogens with one attached hydrogen (secondary N) is 1. The Hall–Kier alpha value is -1.92. The molecule has 0 radical (unpaired) electrons. The molecule has 1 fully saturated rings. The zero-order chi connectivity index (χ0) is 17.4. The third kappa shape index (κ3) is 3.55. The molecule has 1 aromatic carbocycles. The van der Waals surface area contributed by atoms with Gasteiger partial charge in [0.05, 0.1) is 10.6 Å². The zero-order valence-corrected chi connectivity index (χ0v) is 15.8. The van der Waals surface area contributed by atoms with Gasteiger partial charge < -0.3 is 5.32 Å². The molecular formula is C19H19N3OS2. The lowest BCUT2D eigenvalue weighted by molar-refractivity contribution is -0.120. The van der Waals surface area contributed by atoms with E-state index >= 15 is 0 Å². The zero-order valence-electron chi connectivity index (χ0n) is 14.2. The molecule has 1 aliphatic carbocycles. The molecule has 3 aromatic rings. The van der Waals surface area contributed by atoms with E-state index in [4.69, 9.17) is 0 Å². The Morgan fingerprint density at radius 3 is 2.76 bits per heavy atom. The van der Waals surface area contributed by atoms with Crippen LogP contribution in [0, 0.1) is 6.92 Å². The number of thioether (sulfide) groups is 1. The van der Waals surface area contributed by atoms with Gasteiger partial charge in [0, 0.05) is 17.0 Å². The van der Waals surface area contributed by atoms with Gasteiger partial charge in [0.25, 0.3) is 0 Å². The van der Waals surface area contributed by atoms with Crippen molar-refractivity contribution in [1.82, 2.24) is 15.3 Å². The molecule has 1 aliphatic rings. The van der Waals surface area contributed by atoms with Crippen molar-refractivity contribution in [2.24, 2.45) is 0 Å². The number of amides is 1. The van der Waals surface area contributed by atoms with E-state index in [0.29, 0.717) is 6.04 Å². The summed E-state index contributed by atoms with van der Waals surface area (Å²) in [5, 5.41) is 6.94. The molecule has 1 amide bonds. The second-order valence-corrected chi connectivity index (χ2v) is 8.60. The van der Waals surface area contributed by atoms with Crippen LogP contribution in [0.15, 0.2) is 41.0 Å². The fourth-order valence-electron chi connectivity index (χ4n) is 2.65. The molecule has 1 saturated carbocycles. The first-order valence-corrected chi connectivity index (χ1v) is 10.1. The highest BCUT2D eigenvalue weighted by Crippen LogP contribution is 2.39. The number of rotatable bonds is 5. The average molecular weight is 370 g/mol. The maximum absolute atomic E-state index is 12.3. The van der Waals surface area contributed by atoms with Gasteiger partial charge in [0.2, 0.25) is 5.91 Å². The lowest BCUT2D eigenvalue weighted by atomic mass is 10.1. The Labute approximate surface area is 155 Å². The summed E-state index contributed by atoms with van der Waals surface area (Å²) in [6.07, 6.45) is 3.79. The predicted octanol–water partition coefficient (Wildman–Crippen LogP) is 4.43.